The summed E-state index contributed by atoms with van der Waals surface area (Å²) in [7, 11) is 0. The molecule has 1 aliphatic heterocycles. The molecule has 2 rings (SSSR count). The Labute approximate surface area is 70.3 Å². The number of fused-ring (bicyclic) bond motifs is 1. The van der Waals surface area contributed by atoms with Crippen molar-refractivity contribution in [1.82, 2.24) is 5.43 Å². The van der Waals surface area contributed by atoms with Crippen LogP contribution in [0.4, 0.5) is 0 Å². The number of rotatable bonds is 0. The number of nitriles is 1. The Balaban J connectivity index is 2.53. The van der Waals surface area contributed by atoms with Gasteiger partial charge in [-0.15, -0.1) is 0 Å². The second kappa shape index (κ2) is 2.67. The maximum absolute atomic E-state index is 8.63. The monoisotopic (exact) mass is 157 g/mol. The van der Waals surface area contributed by atoms with Crippen molar-refractivity contribution in [1.29, 1.82) is 5.26 Å². The number of nitrogens with zero attached hydrogens (tertiary/aromatic N) is 2. The van der Waals surface area contributed by atoms with Crippen molar-refractivity contribution >= 4 is 6.21 Å². The minimum absolute atomic E-state index is 0.683. The molecular weight excluding hydrogens is 150 g/mol. The summed E-state index contributed by atoms with van der Waals surface area (Å²) in [6.45, 7) is 0.748. The fraction of sp³-hybridized carbons (Fsp3) is 0.111. The van der Waals surface area contributed by atoms with Crippen molar-refractivity contribution in [3.8, 4) is 6.07 Å². The van der Waals surface area contributed by atoms with Gasteiger partial charge in [0.2, 0.25) is 0 Å². The van der Waals surface area contributed by atoms with Crippen LogP contribution in [0.15, 0.2) is 23.3 Å². The summed E-state index contributed by atoms with van der Waals surface area (Å²) in [5, 5.41) is 12.5. The highest BCUT2D eigenvalue weighted by Gasteiger charge is 2.04. The lowest BCUT2D eigenvalue weighted by Crippen LogP contribution is -2.13. The summed E-state index contributed by atoms with van der Waals surface area (Å²) in [5.41, 5.74) is 5.77. The van der Waals surface area contributed by atoms with Gasteiger partial charge in [0.25, 0.3) is 0 Å². The third-order valence-electron chi connectivity index (χ3n) is 1.84. The third-order valence-corrected chi connectivity index (χ3v) is 1.84. The van der Waals surface area contributed by atoms with Crippen LogP contribution < -0.4 is 5.43 Å². The maximum atomic E-state index is 8.63. The predicted molar refractivity (Wildman–Crippen MR) is 45.6 cm³/mol. The Kier molecular flexibility index (Phi) is 1.52. The van der Waals surface area contributed by atoms with E-state index < -0.39 is 0 Å². The first-order valence-electron chi connectivity index (χ1n) is 3.69. The van der Waals surface area contributed by atoms with Crippen LogP contribution in [-0.2, 0) is 6.54 Å². The standard InChI is InChI=1S/C9H7N3/c10-4-7-1-2-8-5-11-12-6-9(8)3-7/h1-3,6,11H,5H2. The van der Waals surface area contributed by atoms with Crippen molar-refractivity contribution < 1.29 is 0 Å². The van der Waals surface area contributed by atoms with E-state index in [1.165, 1.54) is 5.56 Å². The molecule has 1 aromatic carbocycles. The second-order valence-electron chi connectivity index (χ2n) is 2.62. The smallest absolute Gasteiger partial charge is 0.0991 e. The average Bonchev–Trinajstić information content (AvgIpc) is 2.17. The Morgan fingerprint density at radius 1 is 1.50 bits per heavy atom. The second-order valence-corrected chi connectivity index (χ2v) is 2.62. The molecule has 0 aromatic heterocycles. The van der Waals surface area contributed by atoms with Gasteiger partial charge in [-0.1, -0.05) is 6.07 Å². The van der Waals surface area contributed by atoms with E-state index in [9.17, 15) is 0 Å². The summed E-state index contributed by atoms with van der Waals surface area (Å²) >= 11 is 0. The molecule has 0 bridgehead atoms. The quantitative estimate of drug-likeness (QED) is 0.610. The van der Waals surface area contributed by atoms with Crippen LogP contribution in [0.25, 0.3) is 0 Å². The topological polar surface area (TPSA) is 48.2 Å². The Hall–Kier alpha value is -1.82. The molecule has 0 radical (unpaired) electrons. The van der Waals surface area contributed by atoms with Gasteiger partial charge in [0.15, 0.2) is 0 Å². The van der Waals surface area contributed by atoms with Crippen LogP contribution in [0.2, 0.25) is 0 Å². The van der Waals surface area contributed by atoms with E-state index in [2.05, 4.69) is 16.6 Å². The lowest BCUT2D eigenvalue weighted by molar-refractivity contribution is 0.735. The SMILES string of the molecule is N#Cc1ccc2c(c1)C=NNC2. The summed E-state index contributed by atoms with van der Waals surface area (Å²) in [6, 6.07) is 7.71. The van der Waals surface area contributed by atoms with Gasteiger partial charge < -0.3 is 5.43 Å². The first-order chi connectivity index (χ1) is 5.90. The van der Waals surface area contributed by atoms with Crippen LogP contribution in [0, 0.1) is 11.3 Å². The van der Waals surface area contributed by atoms with Gasteiger partial charge in [0, 0.05) is 5.56 Å². The molecule has 1 aromatic rings. The molecule has 12 heavy (non-hydrogen) atoms. The Bertz CT molecular complexity index is 374. The van der Waals surface area contributed by atoms with Crippen LogP contribution in [0.5, 0.6) is 0 Å². The molecule has 0 aliphatic carbocycles. The molecule has 1 aliphatic rings. The van der Waals surface area contributed by atoms with Gasteiger partial charge in [-0.3, -0.25) is 0 Å². The molecule has 0 fully saturated rings. The third kappa shape index (κ3) is 1.04. The molecule has 0 amide bonds. The molecule has 3 nitrogen and oxygen atoms in total. The van der Waals surface area contributed by atoms with E-state index >= 15 is 0 Å². The van der Waals surface area contributed by atoms with Crippen LogP contribution in [0.1, 0.15) is 16.7 Å². The lowest BCUT2D eigenvalue weighted by Gasteiger charge is -2.10. The number of nitrogens with one attached hydrogen (secondary N) is 1. The Morgan fingerprint density at radius 3 is 3.25 bits per heavy atom. The van der Waals surface area contributed by atoms with Gasteiger partial charge in [0.1, 0.15) is 0 Å². The molecule has 1 N–H and O–H groups in total. The van der Waals surface area contributed by atoms with Gasteiger partial charge in [0.05, 0.1) is 24.4 Å². The highest BCUT2D eigenvalue weighted by atomic mass is 15.3. The summed E-state index contributed by atoms with van der Waals surface area (Å²) in [6.07, 6.45) is 1.74. The highest BCUT2D eigenvalue weighted by Crippen LogP contribution is 2.11. The van der Waals surface area contributed by atoms with Gasteiger partial charge >= 0.3 is 0 Å². The van der Waals surface area contributed by atoms with Crippen LogP contribution in [0.3, 0.4) is 0 Å². The minimum Gasteiger partial charge on any atom is -0.306 e. The number of hydrogen-bond donors (Lipinski definition) is 1. The highest BCUT2D eigenvalue weighted by molar-refractivity contribution is 5.83. The van der Waals surface area contributed by atoms with E-state index in [-0.39, 0.29) is 0 Å². The van der Waals surface area contributed by atoms with E-state index in [0.717, 1.165) is 12.1 Å². The molecule has 0 saturated carbocycles. The van der Waals surface area contributed by atoms with Crippen molar-refractivity contribution in [2.24, 2.45) is 5.10 Å². The van der Waals surface area contributed by atoms with E-state index in [1.54, 1.807) is 6.21 Å². The maximum Gasteiger partial charge on any atom is 0.0991 e. The van der Waals surface area contributed by atoms with Crippen molar-refractivity contribution in [3.05, 3.63) is 34.9 Å². The number of benzene rings is 1. The largest absolute Gasteiger partial charge is 0.306 e. The van der Waals surface area contributed by atoms with Crippen LogP contribution in [-0.4, -0.2) is 6.21 Å². The zero-order valence-corrected chi connectivity index (χ0v) is 6.41. The molecule has 1 heterocycles. The molecule has 3 heteroatoms. The fourth-order valence-corrected chi connectivity index (χ4v) is 1.19. The van der Waals surface area contributed by atoms with Gasteiger partial charge in [-0.2, -0.15) is 10.4 Å². The fourth-order valence-electron chi connectivity index (χ4n) is 1.19. The predicted octanol–water partition coefficient (Wildman–Crippen LogP) is 0.995. The first-order valence-corrected chi connectivity index (χ1v) is 3.69. The summed E-state index contributed by atoms with van der Waals surface area (Å²) in [5.74, 6) is 0. The van der Waals surface area contributed by atoms with Crippen molar-refractivity contribution in [2.45, 2.75) is 6.54 Å². The number of hydrogen-bond acceptors (Lipinski definition) is 3. The normalized spacial score (nSPS) is 12.9. The van der Waals surface area contributed by atoms with Crippen molar-refractivity contribution in [2.75, 3.05) is 0 Å². The summed E-state index contributed by atoms with van der Waals surface area (Å²) in [4.78, 5) is 0. The molecule has 0 unspecified atom stereocenters. The zero-order chi connectivity index (χ0) is 8.39. The van der Waals surface area contributed by atoms with Gasteiger partial charge in [-0.05, 0) is 17.7 Å². The molecular formula is C9H7N3. The number of hydrazone groups is 1. The molecule has 0 atom stereocenters. The molecule has 0 saturated heterocycles. The van der Waals surface area contributed by atoms with E-state index in [4.69, 9.17) is 5.26 Å². The minimum atomic E-state index is 0.683. The van der Waals surface area contributed by atoms with Crippen molar-refractivity contribution in [3.63, 3.8) is 0 Å². The Morgan fingerprint density at radius 2 is 2.42 bits per heavy atom. The van der Waals surface area contributed by atoms with Crippen LogP contribution >= 0.6 is 0 Å². The first kappa shape index (κ1) is 6.86. The summed E-state index contributed by atoms with van der Waals surface area (Å²) < 4.78 is 0. The molecule has 58 valence electrons. The van der Waals surface area contributed by atoms with E-state index in [0.29, 0.717) is 5.56 Å². The lowest BCUT2D eigenvalue weighted by atomic mass is 10.0. The molecule has 0 spiro atoms. The zero-order valence-electron chi connectivity index (χ0n) is 6.41. The van der Waals surface area contributed by atoms with Gasteiger partial charge in [-0.25, -0.2) is 0 Å². The van der Waals surface area contributed by atoms with E-state index in [1.807, 2.05) is 18.2 Å². The average molecular weight is 157 g/mol.